The molecule has 0 fully saturated rings. The first-order valence-electron chi connectivity index (χ1n) is 7.70. The lowest BCUT2D eigenvalue weighted by Gasteiger charge is -2.18. The molecule has 1 heterocycles. The van der Waals surface area contributed by atoms with E-state index in [1.807, 2.05) is 19.9 Å². The van der Waals surface area contributed by atoms with Gasteiger partial charge in [0.2, 0.25) is 11.8 Å². The van der Waals surface area contributed by atoms with Crippen molar-refractivity contribution in [1.82, 2.24) is 9.97 Å². The molecule has 1 unspecified atom stereocenters. The molecule has 3 N–H and O–H groups in total. The topological polar surface area (TPSA) is 99.7 Å². The number of hydrogen-bond donors (Lipinski definition) is 2. The number of aliphatic hydroxyl groups excluding tert-OH is 1. The second-order valence-corrected chi connectivity index (χ2v) is 6.56. The SMILES string of the molecule is COc1cc(OC)nc(C(O)c2cc(Br)cc(COC(C)C)c2N)n1. The predicted molar refractivity (Wildman–Crippen MR) is 97.7 cm³/mol. The standard InChI is InChI=1S/C17H22BrN3O4/c1-9(2)25-8-10-5-11(18)6-12(15(10)19)16(22)17-20-13(23-3)7-14(21-17)24-4/h5-7,9,16,22H,8,19H2,1-4H3. The van der Waals surface area contributed by atoms with Gasteiger partial charge >= 0.3 is 0 Å². The molecule has 0 aliphatic rings. The smallest absolute Gasteiger partial charge is 0.220 e. The molecule has 0 aliphatic heterocycles. The lowest BCUT2D eigenvalue weighted by atomic mass is 10.0. The third-order valence-electron chi connectivity index (χ3n) is 3.49. The zero-order chi connectivity index (χ0) is 18.6. The minimum absolute atomic E-state index is 0.0673. The van der Waals surface area contributed by atoms with Crippen molar-refractivity contribution in [1.29, 1.82) is 0 Å². The summed E-state index contributed by atoms with van der Waals surface area (Å²) in [5.41, 5.74) is 7.92. The number of halogens is 1. The lowest BCUT2D eigenvalue weighted by molar-refractivity contribution is 0.0659. The van der Waals surface area contributed by atoms with Gasteiger partial charge in [-0.25, -0.2) is 0 Å². The average molecular weight is 412 g/mol. The molecule has 0 bridgehead atoms. The second-order valence-electron chi connectivity index (χ2n) is 5.64. The second kappa shape index (κ2) is 8.46. The van der Waals surface area contributed by atoms with Crippen LogP contribution >= 0.6 is 15.9 Å². The van der Waals surface area contributed by atoms with Gasteiger partial charge in [0.25, 0.3) is 0 Å². The summed E-state index contributed by atoms with van der Waals surface area (Å²) in [5, 5.41) is 10.8. The average Bonchev–Trinajstić information content (AvgIpc) is 2.60. The number of rotatable bonds is 7. The predicted octanol–water partition coefficient (Wildman–Crippen LogP) is 2.85. The number of nitrogens with two attached hydrogens (primary N) is 1. The van der Waals surface area contributed by atoms with Gasteiger partial charge in [-0.2, -0.15) is 9.97 Å². The summed E-state index contributed by atoms with van der Waals surface area (Å²) in [5.74, 6) is 0.715. The van der Waals surface area contributed by atoms with Gasteiger partial charge in [-0.1, -0.05) is 15.9 Å². The van der Waals surface area contributed by atoms with Crippen molar-refractivity contribution in [2.24, 2.45) is 0 Å². The summed E-state index contributed by atoms with van der Waals surface area (Å²) in [6.07, 6.45) is -1.07. The normalized spacial score (nSPS) is 12.3. The number of methoxy groups -OCH3 is 2. The van der Waals surface area contributed by atoms with E-state index in [1.54, 1.807) is 6.07 Å². The quantitative estimate of drug-likeness (QED) is 0.675. The number of aromatic nitrogens is 2. The Bertz CT molecular complexity index is 718. The lowest BCUT2D eigenvalue weighted by Crippen LogP contribution is -2.12. The van der Waals surface area contributed by atoms with Gasteiger partial charge in [0.15, 0.2) is 5.82 Å². The Morgan fingerprint density at radius 3 is 2.24 bits per heavy atom. The van der Waals surface area contributed by atoms with Crippen LogP contribution in [0.1, 0.15) is 36.9 Å². The Balaban J connectivity index is 2.43. The van der Waals surface area contributed by atoms with Crippen LogP contribution in [0.15, 0.2) is 22.7 Å². The van der Waals surface area contributed by atoms with E-state index in [-0.39, 0.29) is 23.7 Å². The number of anilines is 1. The minimum atomic E-state index is -1.14. The molecule has 0 radical (unpaired) electrons. The molecular weight excluding hydrogens is 390 g/mol. The maximum Gasteiger partial charge on any atom is 0.220 e. The van der Waals surface area contributed by atoms with Crippen LogP contribution in [0.4, 0.5) is 5.69 Å². The number of nitrogen functional groups attached to an aromatic ring is 1. The molecule has 0 aliphatic carbocycles. The van der Waals surface area contributed by atoms with Crippen LogP contribution in [0.5, 0.6) is 11.8 Å². The van der Waals surface area contributed by atoms with Gasteiger partial charge in [0, 0.05) is 21.3 Å². The molecule has 7 nitrogen and oxygen atoms in total. The van der Waals surface area contributed by atoms with E-state index in [9.17, 15) is 5.11 Å². The molecule has 0 saturated heterocycles. The van der Waals surface area contributed by atoms with Crippen molar-refractivity contribution in [2.45, 2.75) is 32.7 Å². The fourth-order valence-electron chi connectivity index (χ4n) is 2.19. The molecule has 0 amide bonds. The van der Waals surface area contributed by atoms with Crippen molar-refractivity contribution >= 4 is 21.6 Å². The number of nitrogens with zero attached hydrogens (tertiary/aromatic N) is 2. The molecular formula is C17H22BrN3O4. The van der Waals surface area contributed by atoms with Gasteiger partial charge in [0.1, 0.15) is 6.10 Å². The van der Waals surface area contributed by atoms with Crippen LogP contribution in [0.3, 0.4) is 0 Å². The molecule has 0 saturated carbocycles. The summed E-state index contributed by atoms with van der Waals surface area (Å²) < 4.78 is 16.6. The van der Waals surface area contributed by atoms with Crippen molar-refractivity contribution in [3.63, 3.8) is 0 Å². The molecule has 25 heavy (non-hydrogen) atoms. The fourth-order valence-corrected chi connectivity index (χ4v) is 2.71. The van der Waals surface area contributed by atoms with Crippen LogP contribution in [0.2, 0.25) is 0 Å². The molecule has 136 valence electrons. The first-order valence-corrected chi connectivity index (χ1v) is 8.49. The van der Waals surface area contributed by atoms with Crippen LogP contribution in [-0.4, -0.2) is 35.4 Å². The van der Waals surface area contributed by atoms with Crippen molar-refractivity contribution in [2.75, 3.05) is 20.0 Å². The third-order valence-corrected chi connectivity index (χ3v) is 3.95. The summed E-state index contributed by atoms with van der Waals surface area (Å²) >= 11 is 3.44. The molecule has 2 rings (SSSR count). The monoisotopic (exact) mass is 411 g/mol. The summed E-state index contributed by atoms with van der Waals surface area (Å²) in [7, 11) is 2.96. The Morgan fingerprint density at radius 1 is 1.12 bits per heavy atom. The summed E-state index contributed by atoms with van der Waals surface area (Å²) in [4.78, 5) is 8.37. The number of benzene rings is 1. The molecule has 1 aromatic carbocycles. The first-order chi connectivity index (χ1) is 11.8. The maximum absolute atomic E-state index is 10.8. The van der Waals surface area contributed by atoms with E-state index in [4.69, 9.17) is 19.9 Å². The number of aliphatic hydroxyl groups is 1. The molecule has 1 aromatic heterocycles. The fraction of sp³-hybridized carbons (Fsp3) is 0.412. The number of hydrogen-bond acceptors (Lipinski definition) is 7. The zero-order valence-corrected chi connectivity index (χ0v) is 16.2. The Kier molecular flexibility index (Phi) is 6.57. The molecule has 2 aromatic rings. The third kappa shape index (κ3) is 4.81. The molecule has 0 spiro atoms. The van der Waals surface area contributed by atoms with E-state index in [1.165, 1.54) is 20.3 Å². The Morgan fingerprint density at radius 2 is 1.72 bits per heavy atom. The Hall–Kier alpha value is -1.90. The van der Waals surface area contributed by atoms with E-state index in [0.29, 0.717) is 17.9 Å². The van der Waals surface area contributed by atoms with Crippen molar-refractivity contribution in [3.8, 4) is 11.8 Å². The van der Waals surface area contributed by atoms with Crippen LogP contribution in [0.25, 0.3) is 0 Å². The summed E-state index contributed by atoms with van der Waals surface area (Å²) in [6, 6.07) is 5.12. The highest BCUT2D eigenvalue weighted by atomic mass is 79.9. The van der Waals surface area contributed by atoms with Crippen LogP contribution < -0.4 is 15.2 Å². The van der Waals surface area contributed by atoms with Gasteiger partial charge in [-0.15, -0.1) is 0 Å². The van der Waals surface area contributed by atoms with E-state index < -0.39 is 6.10 Å². The maximum atomic E-state index is 10.8. The summed E-state index contributed by atoms with van der Waals surface area (Å²) in [6.45, 7) is 4.23. The highest BCUT2D eigenvalue weighted by molar-refractivity contribution is 9.10. The van der Waals surface area contributed by atoms with Crippen molar-refractivity contribution < 1.29 is 19.3 Å². The highest BCUT2D eigenvalue weighted by Gasteiger charge is 2.21. The van der Waals surface area contributed by atoms with E-state index in [2.05, 4.69) is 25.9 Å². The van der Waals surface area contributed by atoms with Gasteiger partial charge in [-0.3, -0.25) is 0 Å². The van der Waals surface area contributed by atoms with Gasteiger partial charge < -0.3 is 25.1 Å². The van der Waals surface area contributed by atoms with Gasteiger partial charge in [0.05, 0.1) is 33.0 Å². The van der Waals surface area contributed by atoms with Crippen LogP contribution in [-0.2, 0) is 11.3 Å². The molecule has 1 atom stereocenters. The largest absolute Gasteiger partial charge is 0.481 e. The van der Waals surface area contributed by atoms with E-state index >= 15 is 0 Å². The first kappa shape index (κ1) is 19.4. The molecule has 8 heteroatoms. The minimum Gasteiger partial charge on any atom is -0.481 e. The highest BCUT2D eigenvalue weighted by Crippen LogP contribution is 2.32. The zero-order valence-electron chi connectivity index (χ0n) is 14.6. The van der Waals surface area contributed by atoms with Crippen molar-refractivity contribution in [3.05, 3.63) is 39.6 Å². The Labute approximate surface area is 155 Å². The van der Waals surface area contributed by atoms with Gasteiger partial charge in [-0.05, 0) is 26.0 Å². The van der Waals surface area contributed by atoms with E-state index in [0.717, 1.165) is 10.0 Å². The van der Waals surface area contributed by atoms with Crippen LogP contribution in [0, 0.1) is 0 Å². The number of ether oxygens (including phenoxy) is 3.